The number of aliphatic hydroxyl groups is 1. The van der Waals surface area contributed by atoms with E-state index in [0.717, 1.165) is 5.56 Å². The Labute approximate surface area is 141 Å². The van der Waals surface area contributed by atoms with Crippen LogP contribution >= 0.6 is 0 Å². The molecule has 2 aromatic carbocycles. The summed E-state index contributed by atoms with van der Waals surface area (Å²) in [6.07, 6.45) is -0.361. The molecule has 0 aliphatic carbocycles. The Morgan fingerprint density at radius 3 is 2.50 bits per heavy atom. The molecule has 4 nitrogen and oxygen atoms in total. The summed E-state index contributed by atoms with van der Waals surface area (Å²) in [4.78, 5) is 14.3. The lowest BCUT2D eigenvalue weighted by molar-refractivity contribution is -0.126. The number of likely N-dealkylation sites (N-methyl/N-ethyl adjacent to an activating group) is 1. The lowest BCUT2D eigenvalue weighted by Crippen LogP contribution is -2.45. The van der Waals surface area contributed by atoms with Gasteiger partial charge in [0.15, 0.2) is 0 Å². The second-order valence-electron chi connectivity index (χ2n) is 5.99. The van der Waals surface area contributed by atoms with Crippen LogP contribution in [0.25, 0.3) is 0 Å². The van der Waals surface area contributed by atoms with Crippen molar-refractivity contribution in [3.63, 3.8) is 0 Å². The fourth-order valence-electron chi connectivity index (χ4n) is 2.49. The highest BCUT2D eigenvalue weighted by Crippen LogP contribution is 2.13. The average Bonchev–Trinajstić information content (AvgIpc) is 2.58. The number of hydrogen-bond donors (Lipinski definition) is 2. The Morgan fingerprint density at radius 2 is 1.88 bits per heavy atom. The molecule has 0 bridgehead atoms. The molecule has 0 unspecified atom stereocenters. The molecule has 0 saturated heterocycles. The van der Waals surface area contributed by atoms with Gasteiger partial charge in [-0.25, -0.2) is 4.39 Å². The molecule has 2 N–H and O–H groups in total. The first-order valence-corrected chi connectivity index (χ1v) is 7.89. The molecule has 0 saturated carbocycles. The zero-order chi connectivity index (χ0) is 17.5. The number of nitrogens with one attached hydrogen (secondary N) is 1. The first-order chi connectivity index (χ1) is 11.5. The third kappa shape index (κ3) is 5.15. The molecule has 5 heteroatoms. The summed E-state index contributed by atoms with van der Waals surface area (Å²) in [6, 6.07) is 15.2. The molecule has 0 aliphatic heterocycles. The van der Waals surface area contributed by atoms with Crippen molar-refractivity contribution in [2.24, 2.45) is 0 Å². The number of rotatable bonds is 7. The summed E-state index contributed by atoms with van der Waals surface area (Å²) in [5, 5.41) is 12.9. The van der Waals surface area contributed by atoms with Crippen LogP contribution in [-0.4, -0.2) is 42.6 Å². The quantitative estimate of drug-likeness (QED) is 0.818. The van der Waals surface area contributed by atoms with Crippen molar-refractivity contribution in [3.8, 4) is 0 Å². The fourth-order valence-corrected chi connectivity index (χ4v) is 2.49. The minimum absolute atomic E-state index is 0.0431. The van der Waals surface area contributed by atoms with Crippen molar-refractivity contribution in [2.75, 3.05) is 20.6 Å². The van der Waals surface area contributed by atoms with Crippen molar-refractivity contribution in [2.45, 2.75) is 18.6 Å². The van der Waals surface area contributed by atoms with Gasteiger partial charge in [-0.05, 0) is 43.8 Å². The van der Waals surface area contributed by atoms with Gasteiger partial charge < -0.3 is 10.4 Å². The third-order valence-corrected chi connectivity index (χ3v) is 3.90. The van der Waals surface area contributed by atoms with E-state index in [0.29, 0.717) is 12.0 Å². The zero-order valence-electron chi connectivity index (χ0n) is 13.9. The molecule has 2 aromatic rings. The SMILES string of the molecule is CN(C)[C@@H](Cc1ccccc1)C(=O)NC[C@H](O)c1cccc(F)c1. The van der Waals surface area contributed by atoms with E-state index >= 15 is 0 Å². The van der Waals surface area contributed by atoms with Gasteiger partial charge in [-0.15, -0.1) is 0 Å². The summed E-state index contributed by atoms with van der Waals surface area (Å²) >= 11 is 0. The predicted octanol–water partition coefficient (Wildman–Crippen LogP) is 2.15. The molecule has 0 aliphatic rings. The molecule has 0 aromatic heterocycles. The van der Waals surface area contributed by atoms with E-state index in [1.54, 1.807) is 6.07 Å². The van der Waals surface area contributed by atoms with E-state index in [9.17, 15) is 14.3 Å². The summed E-state index contributed by atoms with van der Waals surface area (Å²) in [7, 11) is 3.69. The summed E-state index contributed by atoms with van der Waals surface area (Å²) in [5.74, 6) is -0.576. The topological polar surface area (TPSA) is 52.6 Å². The van der Waals surface area contributed by atoms with Gasteiger partial charge in [-0.1, -0.05) is 42.5 Å². The van der Waals surface area contributed by atoms with E-state index in [1.165, 1.54) is 18.2 Å². The highest BCUT2D eigenvalue weighted by Gasteiger charge is 2.22. The molecule has 24 heavy (non-hydrogen) atoms. The van der Waals surface area contributed by atoms with Crippen LogP contribution in [0.5, 0.6) is 0 Å². The molecular formula is C19H23FN2O2. The highest BCUT2D eigenvalue weighted by molar-refractivity contribution is 5.82. The molecule has 2 atom stereocenters. The van der Waals surface area contributed by atoms with E-state index in [1.807, 2.05) is 49.3 Å². The minimum Gasteiger partial charge on any atom is -0.387 e. The second-order valence-corrected chi connectivity index (χ2v) is 5.99. The Hall–Kier alpha value is -2.24. The highest BCUT2D eigenvalue weighted by atomic mass is 19.1. The Balaban J connectivity index is 1.95. The first kappa shape index (κ1) is 18.1. The van der Waals surface area contributed by atoms with Crippen molar-refractivity contribution in [3.05, 3.63) is 71.5 Å². The molecule has 1 amide bonds. The number of amides is 1. The number of carbonyl (C=O) groups is 1. The molecule has 2 rings (SSSR count). The smallest absolute Gasteiger partial charge is 0.237 e. The molecule has 0 spiro atoms. The van der Waals surface area contributed by atoms with Gasteiger partial charge in [0, 0.05) is 6.54 Å². The van der Waals surface area contributed by atoms with Crippen LogP contribution in [0.3, 0.4) is 0 Å². The summed E-state index contributed by atoms with van der Waals surface area (Å²) in [6.45, 7) is 0.0431. The predicted molar refractivity (Wildman–Crippen MR) is 92.0 cm³/mol. The van der Waals surface area contributed by atoms with Gasteiger partial charge in [0.25, 0.3) is 0 Å². The Bertz CT molecular complexity index is 661. The maximum absolute atomic E-state index is 13.2. The number of nitrogens with zero attached hydrogens (tertiary/aromatic N) is 1. The van der Waals surface area contributed by atoms with E-state index in [4.69, 9.17) is 0 Å². The molecule has 128 valence electrons. The molecule has 0 fully saturated rings. The van der Waals surface area contributed by atoms with Gasteiger partial charge in [0.2, 0.25) is 5.91 Å². The Morgan fingerprint density at radius 1 is 1.17 bits per heavy atom. The van der Waals surface area contributed by atoms with Crippen LogP contribution in [0.15, 0.2) is 54.6 Å². The van der Waals surface area contributed by atoms with E-state index in [-0.39, 0.29) is 18.5 Å². The van der Waals surface area contributed by atoms with Crippen LogP contribution in [0, 0.1) is 5.82 Å². The van der Waals surface area contributed by atoms with Crippen LogP contribution < -0.4 is 5.32 Å². The van der Waals surface area contributed by atoms with E-state index < -0.39 is 11.9 Å². The normalized spacial score (nSPS) is 13.5. The number of benzene rings is 2. The monoisotopic (exact) mass is 330 g/mol. The van der Waals surface area contributed by atoms with E-state index in [2.05, 4.69) is 5.32 Å². The van der Waals surface area contributed by atoms with Crippen molar-refractivity contribution in [1.82, 2.24) is 10.2 Å². The fraction of sp³-hybridized carbons (Fsp3) is 0.316. The van der Waals surface area contributed by atoms with Gasteiger partial charge in [0.1, 0.15) is 5.82 Å². The van der Waals surface area contributed by atoms with Crippen LogP contribution in [0.1, 0.15) is 17.2 Å². The number of carbonyl (C=O) groups excluding carboxylic acids is 1. The summed E-state index contributed by atoms with van der Waals surface area (Å²) in [5.41, 5.74) is 1.51. The minimum atomic E-state index is -0.941. The largest absolute Gasteiger partial charge is 0.387 e. The lowest BCUT2D eigenvalue weighted by atomic mass is 10.0. The van der Waals surface area contributed by atoms with Gasteiger partial charge in [0.05, 0.1) is 12.1 Å². The van der Waals surface area contributed by atoms with Gasteiger partial charge in [-0.3, -0.25) is 9.69 Å². The number of hydrogen-bond acceptors (Lipinski definition) is 3. The third-order valence-electron chi connectivity index (χ3n) is 3.90. The van der Waals surface area contributed by atoms with Gasteiger partial charge in [-0.2, -0.15) is 0 Å². The van der Waals surface area contributed by atoms with Gasteiger partial charge >= 0.3 is 0 Å². The Kier molecular flexibility index (Phi) is 6.46. The average molecular weight is 330 g/mol. The maximum Gasteiger partial charge on any atom is 0.237 e. The van der Waals surface area contributed by atoms with Crippen molar-refractivity contribution in [1.29, 1.82) is 0 Å². The van der Waals surface area contributed by atoms with Crippen LogP contribution in [0.2, 0.25) is 0 Å². The number of halogens is 1. The lowest BCUT2D eigenvalue weighted by Gasteiger charge is -2.24. The molecular weight excluding hydrogens is 307 g/mol. The van der Waals surface area contributed by atoms with Crippen LogP contribution in [-0.2, 0) is 11.2 Å². The first-order valence-electron chi connectivity index (χ1n) is 7.89. The van der Waals surface area contributed by atoms with Crippen molar-refractivity contribution >= 4 is 5.91 Å². The second kappa shape index (κ2) is 8.57. The molecule has 0 heterocycles. The molecule has 0 radical (unpaired) electrons. The summed E-state index contributed by atoms with van der Waals surface area (Å²) < 4.78 is 13.2. The van der Waals surface area contributed by atoms with Crippen molar-refractivity contribution < 1.29 is 14.3 Å². The number of aliphatic hydroxyl groups excluding tert-OH is 1. The zero-order valence-corrected chi connectivity index (χ0v) is 13.9. The van der Waals surface area contributed by atoms with Crippen LogP contribution in [0.4, 0.5) is 4.39 Å². The maximum atomic E-state index is 13.2. The standard InChI is InChI=1S/C19H23FN2O2/c1-22(2)17(11-14-7-4-3-5-8-14)19(24)21-13-18(23)15-9-6-10-16(20)12-15/h3-10,12,17-18,23H,11,13H2,1-2H3,(H,21,24)/t17-,18-/m0/s1.